The van der Waals surface area contributed by atoms with Crippen molar-refractivity contribution in [1.82, 2.24) is 14.8 Å². The normalized spacial score (nSPS) is 15.6. The Balaban J connectivity index is 0.963. The van der Waals surface area contributed by atoms with Gasteiger partial charge in [0.05, 0.1) is 11.1 Å². The molecule has 0 fully saturated rings. The van der Waals surface area contributed by atoms with Crippen LogP contribution in [-0.4, -0.2) is 97.0 Å². The highest BCUT2D eigenvalue weighted by molar-refractivity contribution is 6.03. The van der Waals surface area contributed by atoms with Gasteiger partial charge in [0, 0.05) is 108 Å². The van der Waals surface area contributed by atoms with Crippen LogP contribution in [0.4, 0.5) is 11.4 Å². The van der Waals surface area contributed by atoms with Gasteiger partial charge in [-0.1, -0.05) is 12.8 Å². The van der Waals surface area contributed by atoms with Crippen molar-refractivity contribution in [2.75, 3.05) is 62.6 Å². The fourth-order valence-corrected chi connectivity index (χ4v) is 11.2. The molecule has 0 spiro atoms. The van der Waals surface area contributed by atoms with E-state index in [0.29, 0.717) is 54.6 Å². The van der Waals surface area contributed by atoms with Gasteiger partial charge in [0.15, 0.2) is 5.78 Å². The number of hydrogen-bond acceptors (Lipinski definition) is 8. The number of amides is 3. The predicted molar refractivity (Wildman–Crippen MR) is 262 cm³/mol. The number of rotatable bonds is 17. The van der Waals surface area contributed by atoms with E-state index in [2.05, 4.69) is 32.2 Å². The minimum atomic E-state index is -1.07. The van der Waals surface area contributed by atoms with Gasteiger partial charge in [-0.05, 0) is 137 Å². The molecule has 0 unspecified atom stereocenters. The average molecular weight is 923 g/mol. The van der Waals surface area contributed by atoms with Crippen LogP contribution in [0.5, 0.6) is 11.5 Å². The van der Waals surface area contributed by atoms with E-state index >= 15 is 0 Å². The number of nitrogens with one attached hydrogen (secondary N) is 2. The van der Waals surface area contributed by atoms with Crippen molar-refractivity contribution in [2.45, 2.75) is 110 Å². The van der Waals surface area contributed by atoms with Crippen LogP contribution in [0.25, 0.3) is 5.57 Å². The number of nitrogens with zero attached hydrogens (tertiary/aromatic N) is 3. The topological polar surface area (TPSA) is 169 Å². The maximum atomic E-state index is 14.1. The monoisotopic (exact) mass is 922 g/mol. The summed E-state index contributed by atoms with van der Waals surface area (Å²) < 4.78 is 9.79. The summed E-state index contributed by atoms with van der Waals surface area (Å²) in [5, 5.41) is 27.8. The number of Topliss-reactive ketones (excluding diaryl/α,β-unsaturated/α-hetero) is 1. The van der Waals surface area contributed by atoms with Gasteiger partial charge < -0.3 is 35.4 Å². The summed E-state index contributed by atoms with van der Waals surface area (Å²) in [6.45, 7) is 6.34. The summed E-state index contributed by atoms with van der Waals surface area (Å²) in [5.74, 6) is -0.287. The highest BCUT2D eigenvalue weighted by Crippen LogP contribution is 2.48. The van der Waals surface area contributed by atoms with Crippen molar-refractivity contribution in [3.05, 3.63) is 115 Å². The lowest BCUT2D eigenvalue weighted by Crippen LogP contribution is -2.41. The third-order valence-corrected chi connectivity index (χ3v) is 14.5. The fraction of sp³-hybridized carbons (Fsp3) is 0.455. The van der Waals surface area contributed by atoms with E-state index in [4.69, 9.17) is 9.84 Å². The van der Waals surface area contributed by atoms with Crippen LogP contribution in [0.15, 0.2) is 54.6 Å². The minimum absolute atomic E-state index is 0.125. The number of hydrogen-bond donors (Lipinski definition) is 4. The van der Waals surface area contributed by atoms with E-state index in [1.807, 2.05) is 6.92 Å². The Bertz CT molecular complexity index is 2780. The molecule has 0 aliphatic carbocycles. The van der Waals surface area contributed by atoms with Gasteiger partial charge >= 0.3 is 5.97 Å². The van der Waals surface area contributed by atoms with E-state index in [1.165, 1.54) is 33.3 Å². The van der Waals surface area contributed by atoms with Crippen molar-refractivity contribution in [3.63, 3.8) is 0 Å². The summed E-state index contributed by atoms with van der Waals surface area (Å²) in [6.07, 6.45) is 13.8. The minimum Gasteiger partial charge on any atom is -0.478 e. The fourth-order valence-electron chi connectivity index (χ4n) is 11.2. The molecule has 3 amide bonds. The summed E-state index contributed by atoms with van der Waals surface area (Å²) in [6, 6.07) is 16.2. The van der Waals surface area contributed by atoms with Crippen LogP contribution in [0.1, 0.15) is 148 Å². The first kappa shape index (κ1) is 46.8. The smallest absolute Gasteiger partial charge is 0.336 e. The Morgan fingerprint density at radius 3 is 2.28 bits per heavy atom. The van der Waals surface area contributed by atoms with Gasteiger partial charge in [0.25, 0.3) is 11.8 Å². The Morgan fingerprint density at radius 2 is 1.49 bits per heavy atom. The molecule has 68 heavy (non-hydrogen) atoms. The number of carbonyl (C=O) groups excluding carboxylic acids is 4. The van der Waals surface area contributed by atoms with Crippen LogP contribution in [-0.2, 0) is 35.3 Å². The largest absolute Gasteiger partial charge is 0.478 e. The van der Waals surface area contributed by atoms with Crippen molar-refractivity contribution >= 4 is 46.4 Å². The first-order valence-electron chi connectivity index (χ1n) is 25.0. The lowest BCUT2D eigenvalue weighted by atomic mass is 9.82. The molecule has 4 N–H and O–H groups in total. The zero-order chi connectivity index (χ0) is 47.3. The molecular weight excluding hydrogens is 859 g/mol. The van der Waals surface area contributed by atoms with E-state index in [9.17, 15) is 29.1 Å². The summed E-state index contributed by atoms with van der Waals surface area (Å²) >= 11 is 0. The maximum Gasteiger partial charge on any atom is 0.336 e. The molecule has 5 heterocycles. The molecule has 5 aliphatic heterocycles. The third kappa shape index (κ3) is 9.68. The van der Waals surface area contributed by atoms with Crippen LogP contribution in [0.2, 0.25) is 0 Å². The van der Waals surface area contributed by atoms with Gasteiger partial charge in [-0.2, -0.15) is 0 Å². The van der Waals surface area contributed by atoms with E-state index in [0.717, 1.165) is 131 Å². The van der Waals surface area contributed by atoms with Crippen molar-refractivity contribution < 1.29 is 38.9 Å². The molecule has 0 saturated heterocycles. The Labute approximate surface area is 397 Å². The molecule has 0 atom stereocenters. The Kier molecular flexibility index (Phi) is 14.4. The number of aryl methyl sites for hydroxylation is 2. The Hall–Kier alpha value is -6.34. The molecule has 4 aromatic rings. The molecule has 0 bridgehead atoms. The molecule has 13 heteroatoms. The number of likely N-dealkylation sites (N-methyl/N-ethyl adjacent to an activating group) is 1. The summed E-state index contributed by atoms with van der Waals surface area (Å²) in [4.78, 5) is 69.0. The predicted octanol–water partition coefficient (Wildman–Crippen LogP) is 6.33. The number of fused-ring (bicyclic) bond motifs is 4. The third-order valence-electron chi connectivity index (χ3n) is 14.5. The van der Waals surface area contributed by atoms with Crippen molar-refractivity contribution in [3.8, 4) is 11.5 Å². The van der Waals surface area contributed by atoms with E-state index in [-0.39, 0.29) is 42.2 Å². The van der Waals surface area contributed by atoms with E-state index < -0.39 is 12.6 Å². The standard InChI is InChI=1S/C55H63N5O8/c1-2-58(54(65)35-19-22-39(23-20-35)57-47(63)18-6-4-3-5-15-40(62)34-61)30-25-56-53(64)38-21-24-41(55(66)67)44(33-38)48-45-31-36-13-7-9-26-59-28-11-16-42(49(36)59)51(45)68-52-43-17-12-29-60-27-10-8-14-37(50(43)60)32-46(48)52/h19-24,31-33,61H,2-18,25-30,34H2,1H3,(H2-,56,57,63,64,65,66,67)/p+1. The van der Waals surface area contributed by atoms with Gasteiger partial charge in [0.1, 0.15) is 31.2 Å². The number of aromatic carboxylic acids is 1. The molecule has 9 rings (SSSR count). The lowest BCUT2D eigenvalue weighted by Gasteiger charge is -2.35. The van der Waals surface area contributed by atoms with Crippen molar-refractivity contribution in [1.29, 1.82) is 0 Å². The van der Waals surface area contributed by atoms with Gasteiger partial charge in [-0.15, -0.1) is 0 Å². The summed E-state index contributed by atoms with van der Waals surface area (Å²) in [7, 11) is 0. The van der Waals surface area contributed by atoms with Crippen LogP contribution in [0, 0.1) is 0 Å². The molecule has 13 nitrogen and oxygen atoms in total. The van der Waals surface area contributed by atoms with Crippen LogP contribution in [0.3, 0.4) is 0 Å². The van der Waals surface area contributed by atoms with Crippen LogP contribution < -0.4 is 35.4 Å². The first-order chi connectivity index (χ1) is 33.1. The second-order valence-electron chi connectivity index (χ2n) is 19.0. The number of carbonyl (C=O) groups is 5. The van der Waals surface area contributed by atoms with Crippen molar-refractivity contribution in [2.24, 2.45) is 0 Å². The van der Waals surface area contributed by atoms with Gasteiger partial charge in [-0.3, -0.25) is 19.2 Å². The maximum absolute atomic E-state index is 14.1. The number of ether oxygens (including phenoxy) is 1. The number of aliphatic hydroxyl groups excluding tert-OH is 1. The summed E-state index contributed by atoms with van der Waals surface area (Å²) in [5.41, 5.74) is 9.94. The molecule has 0 radical (unpaired) electrons. The highest BCUT2D eigenvalue weighted by atomic mass is 16.5. The zero-order valence-corrected chi connectivity index (χ0v) is 39.4. The van der Waals surface area contributed by atoms with Crippen LogP contribution >= 0.6 is 0 Å². The second kappa shape index (κ2) is 20.9. The van der Waals surface area contributed by atoms with Gasteiger partial charge in [-0.25, -0.2) is 9.37 Å². The molecule has 0 saturated carbocycles. The number of carboxylic acid groups (broad SMARTS) is 1. The number of benzene rings is 4. The molecule has 4 aromatic carbocycles. The number of unbranched alkanes of at least 4 members (excludes halogenated alkanes) is 3. The number of aliphatic hydroxyl groups is 1. The zero-order valence-electron chi connectivity index (χ0n) is 39.4. The lowest BCUT2D eigenvalue weighted by molar-refractivity contribution is -0.122. The van der Waals surface area contributed by atoms with E-state index in [1.54, 1.807) is 47.4 Å². The molecular formula is C55H64N5O8+. The second-order valence-corrected chi connectivity index (χ2v) is 19.0. The average Bonchev–Trinajstić information content (AvgIpc) is 3.70. The Morgan fingerprint density at radius 1 is 0.750 bits per heavy atom. The first-order valence-corrected chi connectivity index (χ1v) is 25.0. The molecule has 0 aromatic heterocycles. The number of anilines is 2. The highest BCUT2D eigenvalue weighted by Gasteiger charge is 2.36. The van der Waals surface area contributed by atoms with Gasteiger partial charge in [0.2, 0.25) is 11.3 Å². The SMILES string of the molecule is CCN(CCNC(=O)c1ccc(C(=O)O)c(C2=c3cc4c5c(c3Oc3c2cc2c6c3CCCN6CCCC2)CCC[N+]=5CCCC4)c1)C(=O)c1ccc(NC(=O)CCCCCCC(=O)CO)cc1. The number of ketones is 1. The number of carboxylic acids is 1. The quantitative estimate of drug-likeness (QED) is 0.0616. The molecule has 5 aliphatic rings. The molecule has 356 valence electrons.